The average molecular weight is 269 g/mol. The van der Waals surface area contributed by atoms with Crippen LogP contribution in [-0.2, 0) is 13.0 Å². The second-order valence-corrected chi connectivity index (χ2v) is 4.67. The van der Waals surface area contributed by atoms with Gasteiger partial charge in [0.15, 0.2) is 5.78 Å². The Hall–Kier alpha value is -2.36. The summed E-state index contributed by atoms with van der Waals surface area (Å²) in [4.78, 5) is 15.9. The number of pyridine rings is 1. The van der Waals surface area contributed by atoms with E-state index in [-0.39, 0.29) is 5.78 Å². The van der Waals surface area contributed by atoms with Crippen molar-refractivity contribution in [1.29, 1.82) is 0 Å². The van der Waals surface area contributed by atoms with E-state index in [1.165, 1.54) is 12.5 Å². The van der Waals surface area contributed by atoms with Crippen LogP contribution in [0.1, 0.15) is 35.5 Å². The maximum atomic E-state index is 11.5. The molecule has 20 heavy (non-hydrogen) atoms. The average Bonchev–Trinajstić information content (AvgIpc) is 2.46. The molecule has 0 fully saturated rings. The fourth-order valence-corrected chi connectivity index (χ4v) is 2.11. The van der Waals surface area contributed by atoms with Gasteiger partial charge in [0.25, 0.3) is 0 Å². The van der Waals surface area contributed by atoms with E-state index in [4.69, 9.17) is 5.73 Å². The Morgan fingerprint density at radius 1 is 1.35 bits per heavy atom. The number of rotatable bonds is 5. The third-order valence-corrected chi connectivity index (χ3v) is 3.26. The van der Waals surface area contributed by atoms with E-state index >= 15 is 0 Å². The van der Waals surface area contributed by atoms with Gasteiger partial charge in [0.2, 0.25) is 0 Å². The molecule has 0 saturated heterocycles. The lowest BCUT2D eigenvalue weighted by Crippen LogP contribution is -2.06. The summed E-state index contributed by atoms with van der Waals surface area (Å²) >= 11 is 0. The highest BCUT2D eigenvalue weighted by atomic mass is 16.1. The first-order valence-corrected chi connectivity index (χ1v) is 6.69. The highest BCUT2D eigenvalue weighted by molar-refractivity contribution is 6.00. The summed E-state index contributed by atoms with van der Waals surface area (Å²) in [5.41, 5.74) is 9.96. The van der Waals surface area contributed by atoms with Gasteiger partial charge in [-0.3, -0.25) is 9.78 Å². The topological polar surface area (TPSA) is 68.0 Å². The van der Waals surface area contributed by atoms with Crippen molar-refractivity contribution < 1.29 is 4.79 Å². The van der Waals surface area contributed by atoms with Gasteiger partial charge < -0.3 is 11.1 Å². The molecular weight excluding hydrogens is 250 g/mol. The monoisotopic (exact) mass is 269 g/mol. The van der Waals surface area contributed by atoms with Gasteiger partial charge in [-0.25, -0.2) is 0 Å². The van der Waals surface area contributed by atoms with E-state index in [2.05, 4.69) is 23.3 Å². The van der Waals surface area contributed by atoms with Gasteiger partial charge in [-0.1, -0.05) is 13.0 Å². The molecule has 0 atom stereocenters. The van der Waals surface area contributed by atoms with Crippen molar-refractivity contribution in [3.63, 3.8) is 0 Å². The van der Waals surface area contributed by atoms with Crippen LogP contribution < -0.4 is 11.1 Å². The van der Waals surface area contributed by atoms with Gasteiger partial charge in [0.1, 0.15) is 0 Å². The van der Waals surface area contributed by atoms with Crippen LogP contribution in [0.5, 0.6) is 0 Å². The Labute approximate surface area is 119 Å². The summed E-state index contributed by atoms with van der Waals surface area (Å²) in [5, 5.41) is 3.29. The molecule has 0 unspecified atom stereocenters. The zero-order valence-electron chi connectivity index (χ0n) is 11.8. The summed E-state index contributed by atoms with van der Waals surface area (Å²) in [6, 6.07) is 9.42. The Morgan fingerprint density at radius 2 is 2.15 bits per heavy atom. The minimum Gasteiger partial charge on any atom is -0.398 e. The molecule has 4 heteroatoms. The lowest BCUT2D eigenvalue weighted by Gasteiger charge is -2.11. The summed E-state index contributed by atoms with van der Waals surface area (Å²) in [6.45, 7) is 4.26. The van der Waals surface area contributed by atoms with Crippen molar-refractivity contribution in [2.24, 2.45) is 0 Å². The van der Waals surface area contributed by atoms with Gasteiger partial charge in [-0.15, -0.1) is 0 Å². The van der Waals surface area contributed by atoms with Crippen molar-refractivity contribution >= 4 is 17.2 Å². The third kappa shape index (κ3) is 3.15. The molecule has 0 aliphatic rings. The van der Waals surface area contributed by atoms with E-state index in [0.717, 1.165) is 17.8 Å². The number of nitrogens with two attached hydrogens (primary N) is 1. The molecule has 0 aliphatic carbocycles. The SMILES string of the molecule is CCc1cccnc1CNc1ccc(N)c(C(C)=O)c1. The molecule has 0 bridgehead atoms. The lowest BCUT2D eigenvalue weighted by molar-refractivity contribution is 0.101. The van der Waals surface area contributed by atoms with E-state index in [1.807, 2.05) is 12.1 Å². The lowest BCUT2D eigenvalue weighted by atomic mass is 10.1. The van der Waals surface area contributed by atoms with Crippen LogP contribution in [0, 0.1) is 0 Å². The second kappa shape index (κ2) is 6.19. The van der Waals surface area contributed by atoms with E-state index < -0.39 is 0 Å². The number of aryl methyl sites for hydroxylation is 1. The Bertz CT molecular complexity index is 623. The van der Waals surface area contributed by atoms with Crippen LogP contribution in [0.2, 0.25) is 0 Å². The molecule has 0 radical (unpaired) electrons. The van der Waals surface area contributed by atoms with Crippen LogP contribution in [0.3, 0.4) is 0 Å². The summed E-state index contributed by atoms with van der Waals surface area (Å²) in [5.74, 6) is -0.0294. The summed E-state index contributed by atoms with van der Waals surface area (Å²) < 4.78 is 0. The van der Waals surface area contributed by atoms with Crippen molar-refractivity contribution in [2.45, 2.75) is 26.8 Å². The smallest absolute Gasteiger partial charge is 0.161 e. The molecule has 1 aromatic carbocycles. The van der Waals surface area contributed by atoms with Crippen LogP contribution in [0.25, 0.3) is 0 Å². The maximum absolute atomic E-state index is 11.5. The molecule has 1 aromatic heterocycles. The molecule has 2 rings (SSSR count). The fourth-order valence-electron chi connectivity index (χ4n) is 2.11. The van der Waals surface area contributed by atoms with Crippen molar-refractivity contribution in [3.05, 3.63) is 53.3 Å². The fraction of sp³-hybridized carbons (Fsp3) is 0.250. The number of aromatic nitrogens is 1. The van der Waals surface area contributed by atoms with Crippen molar-refractivity contribution in [1.82, 2.24) is 4.98 Å². The first kappa shape index (κ1) is 14.1. The van der Waals surface area contributed by atoms with E-state index in [9.17, 15) is 4.79 Å². The predicted octanol–water partition coefficient (Wildman–Crippen LogP) is 3.04. The Kier molecular flexibility index (Phi) is 4.35. The first-order chi connectivity index (χ1) is 9.61. The normalized spacial score (nSPS) is 10.3. The van der Waals surface area contributed by atoms with E-state index in [1.54, 1.807) is 18.3 Å². The predicted molar refractivity (Wildman–Crippen MR) is 81.8 cm³/mol. The van der Waals surface area contributed by atoms with Crippen LogP contribution in [0.4, 0.5) is 11.4 Å². The van der Waals surface area contributed by atoms with Crippen LogP contribution in [-0.4, -0.2) is 10.8 Å². The number of nitrogens with zero attached hydrogens (tertiary/aromatic N) is 1. The van der Waals surface area contributed by atoms with Gasteiger partial charge >= 0.3 is 0 Å². The second-order valence-electron chi connectivity index (χ2n) is 4.67. The molecule has 2 aromatic rings. The Balaban J connectivity index is 2.15. The number of ketones is 1. The molecule has 3 N–H and O–H groups in total. The van der Waals surface area contributed by atoms with Gasteiger partial charge in [0, 0.05) is 23.1 Å². The standard InChI is InChI=1S/C16H19N3O/c1-3-12-5-4-8-18-16(12)10-19-13-6-7-15(17)14(9-13)11(2)20/h4-9,19H,3,10,17H2,1-2H3. The van der Waals surface area contributed by atoms with Gasteiger partial charge in [-0.05, 0) is 43.2 Å². The third-order valence-electron chi connectivity index (χ3n) is 3.26. The van der Waals surface area contributed by atoms with Crippen molar-refractivity contribution in [2.75, 3.05) is 11.1 Å². The summed E-state index contributed by atoms with van der Waals surface area (Å²) in [7, 11) is 0. The number of hydrogen-bond donors (Lipinski definition) is 2. The van der Waals surface area contributed by atoms with Gasteiger partial charge in [-0.2, -0.15) is 0 Å². The number of hydrogen-bond acceptors (Lipinski definition) is 4. The number of carbonyl (C=O) groups is 1. The quantitative estimate of drug-likeness (QED) is 0.646. The van der Waals surface area contributed by atoms with Crippen molar-refractivity contribution in [3.8, 4) is 0 Å². The molecule has 104 valence electrons. The first-order valence-electron chi connectivity index (χ1n) is 6.69. The molecule has 0 saturated carbocycles. The highest BCUT2D eigenvalue weighted by Crippen LogP contribution is 2.19. The minimum absolute atomic E-state index is 0.0294. The number of Topliss-reactive ketones (excluding diaryl/α,β-unsaturated/α-hetero) is 1. The Morgan fingerprint density at radius 3 is 2.85 bits per heavy atom. The molecular formula is C16H19N3O. The molecule has 0 aliphatic heterocycles. The zero-order chi connectivity index (χ0) is 14.5. The zero-order valence-corrected chi connectivity index (χ0v) is 11.8. The number of anilines is 2. The van der Waals surface area contributed by atoms with Crippen LogP contribution >= 0.6 is 0 Å². The maximum Gasteiger partial charge on any atom is 0.161 e. The number of carbonyl (C=O) groups excluding carboxylic acids is 1. The molecule has 0 spiro atoms. The van der Waals surface area contributed by atoms with Gasteiger partial charge in [0.05, 0.1) is 12.2 Å². The molecule has 0 amide bonds. The largest absolute Gasteiger partial charge is 0.398 e. The highest BCUT2D eigenvalue weighted by Gasteiger charge is 2.06. The molecule has 1 heterocycles. The minimum atomic E-state index is -0.0294. The van der Waals surface area contributed by atoms with E-state index in [0.29, 0.717) is 17.8 Å². The molecule has 4 nitrogen and oxygen atoms in total. The number of nitrogens with one attached hydrogen (secondary N) is 1. The number of benzene rings is 1. The summed E-state index contributed by atoms with van der Waals surface area (Å²) in [6.07, 6.45) is 2.74. The number of nitrogen functional groups attached to an aromatic ring is 1. The van der Waals surface area contributed by atoms with Crippen LogP contribution in [0.15, 0.2) is 36.5 Å².